The molecule has 0 heterocycles. The molecular formula is C13H12BrFN2. The molecule has 2 N–H and O–H groups in total. The zero-order valence-corrected chi connectivity index (χ0v) is 10.7. The molecule has 0 fully saturated rings. The van der Waals surface area contributed by atoms with Gasteiger partial charge in [-0.1, -0.05) is 34.1 Å². The highest BCUT2D eigenvalue weighted by molar-refractivity contribution is 9.10. The van der Waals surface area contributed by atoms with E-state index < -0.39 is 0 Å². The van der Waals surface area contributed by atoms with Gasteiger partial charge in [0.25, 0.3) is 0 Å². The molecule has 0 aliphatic rings. The molecule has 0 bridgehead atoms. The minimum absolute atomic E-state index is 0.232. The predicted molar refractivity (Wildman–Crippen MR) is 71.0 cm³/mol. The van der Waals surface area contributed by atoms with Gasteiger partial charge in [-0.3, -0.25) is 0 Å². The van der Waals surface area contributed by atoms with Crippen LogP contribution in [0, 0.1) is 5.82 Å². The number of halogens is 2. The third kappa shape index (κ3) is 3.54. The van der Waals surface area contributed by atoms with Crippen molar-refractivity contribution in [3.8, 4) is 0 Å². The minimum Gasteiger partial charge on any atom is -0.321 e. The van der Waals surface area contributed by atoms with Crippen LogP contribution < -0.4 is 10.9 Å². The highest BCUT2D eigenvalue weighted by atomic mass is 79.9. The van der Waals surface area contributed by atoms with Gasteiger partial charge in [0.2, 0.25) is 0 Å². The van der Waals surface area contributed by atoms with Crippen molar-refractivity contribution >= 4 is 21.6 Å². The number of para-hydroxylation sites is 1. The quantitative estimate of drug-likeness (QED) is 0.840. The van der Waals surface area contributed by atoms with Gasteiger partial charge >= 0.3 is 0 Å². The Balaban J connectivity index is 1.92. The Bertz CT molecular complexity index is 488. The second-order valence-corrected chi connectivity index (χ2v) is 4.43. The average molecular weight is 295 g/mol. The van der Waals surface area contributed by atoms with Gasteiger partial charge in [0.05, 0.1) is 0 Å². The molecule has 0 unspecified atom stereocenters. The van der Waals surface area contributed by atoms with Crippen molar-refractivity contribution in [3.63, 3.8) is 0 Å². The molecule has 2 aromatic rings. The van der Waals surface area contributed by atoms with Gasteiger partial charge < -0.3 is 5.43 Å². The van der Waals surface area contributed by atoms with Crippen molar-refractivity contribution < 1.29 is 4.39 Å². The van der Waals surface area contributed by atoms with E-state index in [1.54, 1.807) is 6.07 Å². The van der Waals surface area contributed by atoms with Crippen molar-refractivity contribution in [2.75, 3.05) is 5.43 Å². The molecule has 0 aliphatic carbocycles. The van der Waals surface area contributed by atoms with E-state index in [9.17, 15) is 4.39 Å². The lowest BCUT2D eigenvalue weighted by molar-refractivity contribution is 0.623. The Morgan fingerprint density at radius 1 is 1.06 bits per heavy atom. The molecule has 0 radical (unpaired) electrons. The van der Waals surface area contributed by atoms with Crippen LogP contribution in [0.1, 0.15) is 5.56 Å². The molecule has 0 aromatic heterocycles. The van der Waals surface area contributed by atoms with Crippen molar-refractivity contribution in [1.82, 2.24) is 5.43 Å². The summed E-state index contributed by atoms with van der Waals surface area (Å²) in [4.78, 5) is 0. The van der Waals surface area contributed by atoms with Crippen LogP contribution in [0.15, 0.2) is 53.0 Å². The smallest absolute Gasteiger partial charge is 0.123 e. The van der Waals surface area contributed by atoms with Gasteiger partial charge in [-0.2, -0.15) is 0 Å². The molecular weight excluding hydrogens is 283 g/mol. The first-order chi connectivity index (χ1) is 8.25. The molecule has 2 nitrogen and oxygen atoms in total. The second kappa shape index (κ2) is 5.80. The number of hydrazine groups is 1. The summed E-state index contributed by atoms with van der Waals surface area (Å²) in [5.41, 5.74) is 7.93. The van der Waals surface area contributed by atoms with E-state index in [4.69, 9.17) is 0 Å². The summed E-state index contributed by atoms with van der Waals surface area (Å²) < 4.78 is 13.9. The summed E-state index contributed by atoms with van der Waals surface area (Å²) in [6.45, 7) is 0.535. The van der Waals surface area contributed by atoms with Crippen molar-refractivity contribution in [2.45, 2.75) is 6.54 Å². The molecule has 0 spiro atoms. The summed E-state index contributed by atoms with van der Waals surface area (Å²) in [5.74, 6) is -0.232. The first kappa shape index (κ1) is 12.1. The molecule has 0 saturated carbocycles. The monoisotopic (exact) mass is 294 g/mol. The maximum Gasteiger partial charge on any atom is 0.123 e. The summed E-state index contributed by atoms with van der Waals surface area (Å²) in [6, 6.07) is 14.4. The summed E-state index contributed by atoms with van der Waals surface area (Å²) in [7, 11) is 0. The number of hydrogen-bond donors (Lipinski definition) is 2. The van der Waals surface area contributed by atoms with Crippen molar-refractivity contribution in [3.05, 3.63) is 64.4 Å². The van der Waals surface area contributed by atoms with Crippen LogP contribution in [0.25, 0.3) is 0 Å². The van der Waals surface area contributed by atoms with Gasteiger partial charge in [-0.05, 0) is 35.9 Å². The highest BCUT2D eigenvalue weighted by Crippen LogP contribution is 2.17. The third-order valence-corrected chi connectivity index (χ3v) is 3.07. The van der Waals surface area contributed by atoms with Gasteiger partial charge in [0.15, 0.2) is 0 Å². The third-order valence-electron chi connectivity index (χ3n) is 2.29. The average Bonchev–Trinajstić information content (AvgIpc) is 2.35. The maximum atomic E-state index is 13.0. The topological polar surface area (TPSA) is 24.1 Å². The van der Waals surface area contributed by atoms with E-state index in [-0.39, 0.29) is 5.82 Å². The predicted octanol–water partition coefficient (Wildman–Crippen LogP) is 3.70. The number of benzene rings is 2. The fourth-order valence-electron chi connectivity index (χ4n) is 1.44. The molecule has 0 aliphatic heterocycles. The van der Waals surface area contributed by atoms with E-state index in [0.717, 1.165) is 15.7 Å². The van der Waals surface area contributed by atoms with Gasteiger partial charge in [0.1, 0.15) is 5.82 Å². The molecule has 2 aromatic carbocycles. The Kier molecular flexibility index (Phi) is 4.12. The van der Waals surface area contributed by atoms with Crippen LogP contribution in [0.2, 0.25) is 0 Å². The van der Waals surface area contributed by atoms with Crippen molar-refractivity contribution in [1.29, 1.82) is 0 Å². The lowest BCUT2D eigenvalue weighted by Gasteiger charge is -2.09. The zero-order chi connectivity index (χ0) is 12.1. The Morgan fingerprint density at radius 2 is 1.82 bits per heavy atom. The standard InChI is InChI=1S/C13H12BrFN2/c14-13-7-6-11(15)8-10(13)9-16-17-12-4-2-1-3-5-12/h1-8,16-17H,9H2. The van der Waals surface area contributed by atoms with E-state index in [1.807, 2.05) is 30.3 Å². The Labute approximate surface area is 108 Å². The van der Waals surface area contributed by atoms with Crippen LogP contribution in [-0.4, -0.2) is 0 Å². The SMILES string of the molecule is Fc1ccc(Br)c(CNNc2ccccc2)c1. The number of hydrogen-bond acceptors (Lipinski definition) is 2. The largest absolute Gasteiger partial charge is 0.321 e. The lowest BCUT2D eigenvalue weighted by Crippen LogP contribution is -2.21. The second-order valence-electron chi connectivity index (χ2n) is 3.58. The number of nitrogens with one attached hydrogen (secondary N) is 2. The Hall–Kier alpha value is -1.39. The van der Waals surface area contributed by atoms with Gasteiger partial charge in [-0.25, -0.2) is 9.82 Å². The molecule has 88 valence electrons. The van der Waals surface area contributed by atoms with Gasteiger partial charge in [-0.15, -0.1) is 0 Å². The molecule has 2 rings (SSSR count). The normalized spacial score (nSPS) is 10.2. The van der Waals surface area contributed by atoms with Crippen LogP contribution >= 0.6 is 15.9 Å². The lowest BCUT2D eigenvalue weighted by atomic mass is 10.2. The van der Waals surface area contributed by atoms with E-state index in [1.165, 1.54) is 12.1 Å². The maximum absolute atomic E-state index is 13.0. The molecule has 17 heavy (non-hydrogen) atoms. The molecule has 4 heteroatoms. The number of rotatable bonds is 4. The van der Waals surface area contributed by atoms with Crippen molar-refractivity contribution in [2.24, 2.45) is 0 Å². The molecule has 0 amide bonds. The molecule has 0 atom stereocenters. The van der Waals surface area contributed by atoms with E-state index >= 15 is 0 Å². The van der Waals surface area contributed by atoms with E-state index in [2.05, 4.69) is 26.8 Å². The van der Waals surface area contributed by atoms with Crippen LogP contribution in [0.4, 0.5) is 10.1 Å². The van der Waals surface area contributed by atoms with Crippen LogP contribution in [0.3, 0.4) is 0 Å². The van der Waals surface area contributed by atoms with Crippen LogP contribution in [-0.2, 0) is 6.54 Å². The first-order valence-corrected chi connectivity index (χ1v) is 6.03. The number of anilines is 1. The fourth-order valence-corrected chi connectivity index (χ4v) is 1.83. The minimum atomic E-state index is -0.232. The Morgan fingerprint density at radius 3 is 2.59 bits per heavy atom. The summed E-state index contributed by atoms with van der Waals surface area (Å²) >= 11 is 3.38. The van der Waals surface area contributed by atoms with Crippen LogP contribution in [0.5, 0.6) is 0 Å². The summed E-state index contributed by atoms with van der Waals surface area (Å²) in [5, 5.41) is 0. The van der Waals surface area contributed by atoms with E-state index in [0.29, 0.717) is 6.54 Å². The molecule has 0 saturated heterocycles. The van der Waals surface area contributed by atoms with Gasteiger partial charge in [0, 0.05) is 16.7 Å². The highest BCUT2D eigenvalue weighted by Gasteiger charge is 2.00. The fraction of sp³-hybridized carbons (Fsp3) is 0.0769. The first-order valence-electron chi connectivity index (χ1n) is 5.23. The zero-order valence-electron chi connectivity index (χ0n) is 9.08. The summed E-state index contributed by atoms with van der Waals surface area (Å²) in [6.07, 6.45) is 0.